The number of rotatable bonds is 5. The maximum atomic E-state index is 14.6. The van der Waals surface area contributed by atoms with Crippen molar-refractivity contribution in [2.24, 2.45) is 29.6 Å². The summed E-state index contributed by atoms with van der Waals surface area (Å²) < 4.78 is 28.9. The smallest absolute Gasteiger partial charge is 0.164 e. The highest BCUT2D eigenvalue weighted by Gasteiger charge is 2.33. The largest absolute Gasteiger partial charge is 0.389 e. The summed E-state index contributed by atoms with van der Waals surface area (Å²) in [5.74, 6) is 2.12. The quantitative estimate of drug-likeness (QED) is 0.473. The molecule has 0 saturated heterocycles. The minimum atomic E-state index is -0.988. The highest BCUT2D eigenvalue weighted by Crippen LogP contribution is 2.45. The van der Waals surface area contributed by atoms with Gasteiger partial charge in [0.25, 0.3) is 0 Å². The topological polar surface area (TPSA) is 20.2 Å². The van der Waals surface area contributed by atoms with E-state index in [0.717, 1.165) is 43.4 Å². The molecule has 4 rings (SSSR count). The lowest BCUT2D eigenvalue weighted by Gasteiger charge is -2.38. The number of aliphatic hydroxyl groups excluding tert-OH is 1. The van der Waals surface area contributed by atoms with Crippen LogP contribution in [-0.4, -0.2) is 5.11 Å². The van der Waals surface area contributed by atoms with Gasteiger partial charge in [-0.3, -0.25) is 0 Å². The number of hydrogen-bond acceptors (Lipinski definition) is 1. The molecule has 0 aliphatic heterocycles. The average molecular weight is 429 g/mol. The van der Waals surface area contributed by atoms with E-state index in [1.54, 1.807) is 12.1 Å². The maximum absolute atomic E-state index is 14.6. The number of hydrogen-bond donors (Lipinski definition) is 1. The van der Waals surface area contributed by atoms with E-state index in [1.807, 2.05) is 0 Å². The Balaban J connectivity index is 1.31. The Morgan fingerprint density at radius 2 is 1.39 bits per heavy atom. The lowest BCUT2D eigenvalue weighted by molar-refractivity contribution is 0.191. The van der Waals surface area contributed by atoms with E-state index in [9.17, 15) is 13.9 Å². The second kappa shape index (κ2) is 9.98. The van der Waals surface area contributed by atoms with E-state index in [1.165, 1.54) is 45.4 Å². The fraction of sp³-hybridized carbons (Fsp3) is 0.643. The van der Waals surface area contributed by atoms with Gasteiger partial charge in [0.2, 0.25) is 0 Å². The first-order valence-corrected chi connectivity index (χ1v) is 12.4. The Hall–Kier alpha value is -1.48. The Morgan fingerprint density at radius 3 is 1.87 bits per heavy atom. The summed E-state index contributed by atoms with van der Waals surface area (Å²) in [6.45, 7) is 5.43. The van der Waals surface area contributed by atoms with E-state index >= 15 is 0 Å². The SMILES string of the molecule is C=CC1CCC(C2C=CC(C3CCC(c4ccc(C(C)O)c(F)c4F)CC3)CC2)CC1. The number of halogens is 2. The molecule has 0 aromatic heterocycles. The Morgan fingerprint density at radius 1 is 0.839 bits per heavy atom. The molecule has 0 spiro atoms. The van der Waals surface area contributed by atoms with Gasteiger partial charge in [0.05, 0.1) is 6.10 Å². The van der Waals surface area contributed by atoms with Crippen molar-refractivity contribution < 1.29 is 13.9 Å². The molecule has 170 valence electrons. The standard InChI is InChI=1S/C28H38F2O/c1-3-19-4-6-20(7-5-19)21-8-10-22(11-9-21)23-12-14-24(15-13-23)26-17-16-25(18(2)31)27(29)28(26)30/h3,8,10,16-24,31H,1,4-7,9,11-15H2,2H3. The molecule has 0 radical (unpaired) electrons. The summed E-state index contributed by atoms with van der Waals surface area (Å²) in [7, 11) is 0. The number of benzene rings is 1. The van der Waals surface area contributed by atoms with Crippen molar-refractivity contribution >= 4 is 0 Å². The molecular weight excluding hydrogens is 390 g/mol. The molecule has 3 atom stereocenters. The summed E-state index contributed by atoms with van der Waals surface area (Å²) in [5, 5.41) is 9.62. The highest BCUT2D eigenvalue weighted by molar-refractivity contribution is 5.30. The summed E-state index contributed by atoms with van der Waals surface area (Å²) in [4.78, 5) is 0. The average Bonchev–Trinajstić information content (AvgIpc) is 2.81. The zero-order valence-electron chi connectivity index (χ0n) is 18.9. The minimum Gasteiger partial charge on any atom is -0.389 e. The molecule has 1 nitrogen and oxygen atoms in total. The lowest BCUT2D eigenvalue weighted by atomic mass is 9.67. The first-order valence-electron chi connectivity index (χ1n) is 12.4. The van der Waals surface area contributed by atoms with E-state index in [4.69, 9.17) is 0 Å². The van der Waals surface area contributed by atoms with Crippen LogP contribution in [0, 0.1) is 41.2 Å². The van der Waals surface area contributed by atoms with Crippen molar-refractivity contribution in [3.63, 3.8) is 0 Å². The van der Waals surface area contributed by atoms with Crippen molar-refractivity contribution in [2.45, 2.75) is 83.2 Å². The molecule has 3 heteroatoms. The summed E-state index contributed by atoms with van der Waals surface area (Å²) in [5.41, 5.74) is 0.546. The van der Waals surface area contributed by atoms with Crippen LogP contribution in [0.15, 0.2) is 36.9 Å². The van der Waals surface area contributed by atoms with Crippen molar-refractivity contribution in [1.82, 2.24) is 0 Å². The zero-order chi connectivity index (χ0) is 22.0. The van der Waals surface area contributed by atoms with Crippen LogP contribution < -0.4 is 0 Å². The van der Waals surface area contributed by atoms with Crippen LogP contribution in [0.4, 0.5) is 8.78 Å². The van der Waals surface area contributed by atoms with Crippen LogP contribution in [0.3, 0.4) is 0 Å². The van der Waals surface area contributed by atoms with E-state index < -0.39 is 17.7 Å². The second-order valence-corrected chi connectivity index (χ2v) is 10.4. The van der Waals surface area contributed by atoms with Gasteiger partial charge in [-0.2, -0.15) is 0 Å². The molecule has 0 amide bonds. The van der Waals surface area contributed by atoms with Crippen molar-refractivity contribution in [3.05, 3.63) is 59.7 Å². The molecule has 1 N–H and O–H groups in total. The first kappa shape index (κ1) is 22.7. The van der Waals surface area contributed by atoms with Crippen LogP contribution in [0.2, 0.25) is 0 Å². The van der Waals surface area contributed by atoms with Gasteiger partial charge < -0.3 is 5.11 Å². The third-order valence-corrected chi connectivity index (χ3v) is 8.60. The molecule has 2 saturated carbocycles. The lowest BCUT2D eigenvalue weighted by Crippen LogP contribution is -2.26. The summed E-state index contributed by atoms with van der Waals surface area (Å²) >= 11 is 0. The fourth-order valence-electron chi connectivity index (χ4n) is 6.53. The molecule has 3 aliphatic rings. The third kappa shape index (κ3) is 4.97. The normalized spacial score (nSPS) is 35.0. The highest BCUT2D eigenvalue weighted by atomic mass is 19.2. The number of allylic oxidation sites excluding steroid dienone is 3. The predicted octanol–water partition coefficient (Wildman–Crippen LogP) is 7.87. The van der Waals surface area contributed by atoms with Gasteiger partial charge >= 0.3 is 0 Å². The molecule has 1 aromatic rings. The molecule has 1 aromatic carbocycles. The van der Waals surface area contributed by atoms with Gasteiger partial charge in [-0.15, -0.1) is 6.58 Å². The van der Waals surface area contributed by atoms with E-state index in [-0.39, 0.29) is 11.5 Å². The molecule has 0 heterocycles. The molecule has 3 unspecified atom stereocenters. The van der Waals surface area contributed by atoms with Crippen molar-refractivity contribution in [2.75, 3.05) is 0 Å². The minimum absolute atomic E-state index is 0.0508. The van der Waals surface area contributed by atoms with Gasteiger partial charge in [0.1, 0.15) is 0 Å². The molecule has 2 fully saturated rings. The molecule has 0 bridgehead atoms. The number of aliphatic hydroxyl groups is 1. The zero-order valence-corrected chi connectivity index (χ0v) is 18.9. The van der Waals surface area contributed by atoms with Crippen LogP contribution in [0.25, 0.3) is 0 Å². The van der Waals surface area contributed by atoms with Gasteiger partial charge in [0, 0.05) is 5.56 Å². The van der Waals surface area contributed by atoms with Crippen LogP contribution in [0.1, 0.15) is 94.3 Å². The summed E-state index contributed by atoms with van der Waals surface area (Å²) in [6, 6.07) is 3.24. The monoisotopic (exact) mass is 428 g/mol. The van der Waals surface area contributed by atoms with E-state index in [0.29, 0.717) is 17.4 Å². The van der Waals surface area contributed by atoms with Crippen LogP contribution in [0.5, 0.6) is 0 Å². The van der Waals surface area contributed by atoms with Gasteiger partial charge in [-0.05, 0) is 112 Å². The fourth-order valence-corrected chi connectivity index (χ4v) is 6.53. The van der Waals surface area contributed by atoms with Gasteiger partial charge in [-0.25, -0.2) is 8.78 Å². The first-order chi connectivity index (χ1) is 15.0. The molecule has 31 heavy (non-hydrogen) atoms. The van der Waals surface area contributed by atoms with Crippen molar-refractivity contribution in [3.8, 4) is 0 Å². The van der Waals surface area contributed by atoms with Crippen LogP contribution in [-0.2, 0) is 0 Å². The molecular formula is C28H38F2O. The second-order valence-electron chi connectivity index (χ2n) is 10.4. The van der Waals surface area contributed by atoms with Gasteiger partial charge in [0.15, 0.2) is 11.6 Å². The van der Waals surface area contributed by atoms with Gasteiger partial charge in [-0.1, -0.05) is 30.4 Å². The molecule has 3 aliphatic carbocycles. The third-order valence-electron chi connectivity index (χ3n) is 8.60. The Kier molecular flexibility index (Phi) is 7.31. The Bertz CT molecular complexity index is 782. The maximum Gasteiger partial charge on any atom is 0.164 e. The Labute approximate surface area is 186 Å². The predicted molar refractivity (Wildman–Crippen MR) is 123 cm³/mol. The van der Waals surface area contributed by atoms with E-state index in [2.05, 4.69) is 24.8 Å². The van der Waals surface area contributed by atoms with Crippen LogP contribution >= 0.6 is 0 Å². The summed E-state index contributed by atoms with van der Waals surface area (Å²) in [6.07, 6.45) is 18.1. The van der Waals surface area contributed by atoms with Crippen molar-refractivity contribution in [1.29, 1.82) is 0 Å².